The minimum absolute atomic E-state index is 0.213. The number of rotatable bonds is 3. The van der Waals surface area contributed by atoms with Crippen molar-refractivity contribution in [3.63, 3.8) is 0 Å². The molecule has 0 aromatic carbocycles. The molecule has 160 valence electrons. The van der Waals surface area contributed by atoms with Crippen LogP contribution < -0.4 is 11.1 Å². The van der Waals surface area contributed by atoms with Crippen molar-refractivity contribution in [2.75, 3.05) is 25.4 Å². The molecule has 2 aromatic rings. The summed E-state index contributed by atoms with van der Waals surface area (Å²) >= 11 is 0. The maximum atomic E-state index is 13.2. The number of carboxylic acid groups (broad SMARTS) is 1. The van der Waals surface area contributed by atoms with Crippen molar-refractivity contribution in [1.29, 1.82) is 0 Å². The zero-order valence-corrected chi connectivity index (χ0v) is 15.7. The maximum Gasteiger partial charge on any atom is 0.419 e. The Morgan fingerprint density at radius 2 is 2.00 bits per heavy atom. The number of nitrogens with zero attached hydrogens (tertiary/aromatic N) is 4. The summed E-state index contributed by atoms with van der Waals surface area (Å²) in [5.41, 5.74) is 5.44. The Balaban J connectivity index is 1.58. The van der Waals surface area contributed by atoms with Gasteiger partial charge < -0.3 is 21.1 Å². The Kier molecular flexibility index (Phi) is 4.59. The van der Waals surface area contributed by atoms with Crippen molar-refractivity contribution in [2.24, 2.45) is 0 Å². The number of carbonyl (C=O) groups excluding carboxylic acids is 1. The zero-order chi connectivity index (χ0) is 21.7. The number of alkyl halides is 3. The molecule has 1 unspecified atom stereocenters. The summed E-state index contributed by atoms with van der Waals surface area (Å²) in [7, 11) is 0. The fourth-order valence-corrected chi connectivity index (χ4v) is 4.21. The van der Waals surface area contributed by atoms with Crippen LogP contribution in [0.3, 0.4) is 0 Å². The molecule has 0 saturated carbocycles. The summed E-state index contributed by atoms with van der Waals surface area (Å²) in [6.45, 7) is 1.17. The van der Waals surface area contributed by atoms with Crippen molar-refractivity contribution < 1.29 is 27.9 Å². The van der Waals surface area contributed by atoms with Gasteiger partial charge >= 0.3 is 12.3 Å². The van der Waals surface area contributed by atoms with Crippen molar-refractivity contribution >= 4 is 17.8 Å². The van der Waals surface area contributed by atoms with Crippen LogP contribution in [0.25, 0.3) is 11.3 Å². The quantitative estimate of drug-likeness (QED) is 0.688. The number of nitrogens with two attached hydrogens (primary N) is 1. The average molecular weight is 424 g/mol. The minimum atomic E-state index is -4.62. The Bertz CT molecular complexity index is 1020. The van der Waals surface area contributed by atoms with Gasteiger partial charge in [-0.1, -0.05) is 0 Å². The molecular weight excluding hydrogens is 405 g/mol. The third kappa shape index (κ3) is 3.42. The molecule has 1 saturated heterocycles. The number of likely N-dealkylation sites (tertiary alicyclic amines) is 1. The van der Waals surface area contributed by atoms with Gasteiger partial charge in [0, 0.05) is 42.5 Å². The fraction of sp³-hybridized carbons (Fsp3) is 0.444. The predicted molar refractivity (Wildman–Crippen MR) is 98.4 cm³/mol. The van der Waals surface area contributed by atoms with Crippen molar-refractivity contribution in [2.45, 2.75) is 31.0 Å². The first-order valence-electron chi connectivity index (χ1n) is 9.25. The summed E-state index contributed by atoms with van der Waals surface area (Å²) in [4.78, 5) is 28.1. The molecule has 2 aliphatic heterocycles. The molecule has 1 atom stereocenters. The van der Waals surface area contributed by atoms with Gasteiger partial charge in [0.15, 0.2) is 0 Å². The van der Waals surface area contributed by atoms with E-state index in [2.05, 4.69) is 15.4 Å². The summed E-state index contributed by atoms with van der Waals surface area (Å²) in [5.74, 6) is -0.903. The average Bonchev–Trinajstić information content (AvgIpc) is 3.36. The zero-order valence-electron chi connectivity index (χ0n) is 15.7. The van der Waals surface area contributed by atoms with Gasteiger partial charge in [0.2, 0.25) is 5.91 Å². The molecule has 0 aliphatic carbocycles. The van der Waals surface area contributed by atoms with Gasteiger partial charge in [0.25, 0.3) is 0 Å². The van der Waals surface area contributed by atoms with E-state index in [1.54, 1.807) is 15.6 Å². The van der Waals surface area contributed by atoms with Crippen LogP contribution in [-0.4, -0.2) is 56.4 Å². The molecular formula is C18H19F3N6O3. The summed E-state index contributed by atoms with van der Waals surface area (Å²) in [6.07, 6.45) is -3.20. The lowest BCUT2D eigenvalue weighted by Gasteiger charge is -2.23. The highest BCUT2D eigenvalue weighted by Crippen LogP contribution is 2.44. The lowest BCUT2D eigenvalue weighted by molar-refractivity contribution is -0.137. The first kappa shape index (κ1) is 20.0. The molecule has 2 aromatic heterocycles. The topological polar surface area (TPSA) is 126 Å². The summed E-state index contributed by atoms with van der Waals surface area (Å²) in [6, 6.07) is 2.68. The van der Waals surface area contributed by atoms with Crippen LogP contribution in [0.1, 0.15) is 24.1 Å². The van der Waals surface area contributed by atoms with E-state index >= 15 is 0 Å². The number of nitrogen functional groups attached to an aromatic ring is 1. The lowest BCUT2D eigenvalue weighted by Crippen LogP contribution is -2.40. The molecule has 0 radical (unpaired) electrons. The van der Waals surface area contributed by atoms with Gasteiger partial charge in [-0.2, -0.15) is 18.3 Å². The first-order chi connectivity index (χ1) is 14.1. The Morgan fingerprint density at radius 3 is 2.70 bits per heavy atom. The molecule has 4 N–H and O–H groups in total. The maximum absolute atomic E-state index is 13.2. The van der Waals surface area contributed by atoms with E-state index in [0.717, 1.165) is 18.2 Å². The minimum Gasteiger partial charge on any atom is -0.465 e. The number of carbonyl (C=O) groups is 2. The standard InChI is InChI=1S/C18H19F3N6O3/c19-18(20,21)11-5-10(7-23-15(11)22)12-6-13-17(2-4-27(13)25-12)1-3-26(9-17)14(28)8-24-16(29)30/h5-7,24H,1-4,8-9H2,(H2,22,23)(H,29,30). The fourth-order valence-electron chi connectivity index (χ4n) is 4.21. The first-order valence-corrected chi connectivity index (χ1v) is 9.25. The molecule has 2 aliphatic rings. The van der Waals surface area contributed by atoms with Crippen LogP contribution >= 0.6 is 0 Å². The second-order valence-electron chi connectivity index (χ2n) is 7.55. The largest absolute Gasteiger partial charge is 0.465 e. The van der Waals surface area contributed by atoms with E-state index < -0.39 is 23.7 Å². The lowest BCUT2D eigenvalue weighted by atomic mass is 9.82. The Morgan fingerprint density at radius 1 is 1.27 bits per heavy atom. The Hall–Kier alpha value is -3.31. The highest BCUT2D eigenvalue weighted by molar-refractivity contribution is 5.82. The monoisotopic (exact) mass is 424 g/mol. The molecule has 0 bridgehead atoms. The number of pyridine rings is 1. The SMILES string of the molecule is Nc1ncc(-c2cc3n(n2)CCC32CCN(C(=O)CNC(=O)O)C2)cc1C(F)(F)F. The van der Waals surface area contributed by atoms with Crippen molar-refractivity contribution in [3.05, 3.63) is 29.6 Å². The van der Waals surface area contributed by atoms with Gasteiger partial charge in [0.05, 0.1) is 11.3 Å². The van der Waals surface area contributed by atoms with Crippen molar-refractivity contribution in [1.82, 2.24) is 25.0 Å². The number of fused-ring (bicyclic) bond motifs is 2. The second kappa shape index (κ2) is 6.89. The van der Waals surface area contributed by atoms with Crippen LogP contribution in [0.5, 0.6) is 0 Å². The highest BCUT2D eigenvalue weighted by atomic mass is 19.4. The number of hydrogen-bond donors (Lipinski definition) is 3. The smallest absolute Gasteiger partial charge is 0.419 e. The van der Waals surface area contributed by atoms with E-state index in [-0.39, 0.29) is 23.4 Å². The van der Waals surface area contributed by atoms with E-state index in [1.807, 2.05) is 0 Å². The number of nitrogens with one attached hydrogen (secondary N) is 1. The van der Waals surface area contributed by atoms with Gasteiger partial charge in [-0.15, -0.1) is 0 Å². The summed E-state index contributed by atoms with van der Waals surface area (Å²) < 4.78 is 41.2. The molecule has 4 rings (SSSR count). The van der Waals surface area contributed by atoms with E-state index in [9.17, 15) is 22.8 Å². The molecule has 4 heterocycles. The molecule has 9 nitrogen and oxygen atoms in total. The number of halogens is 3. The predicted octanol–water partition coefficient (Wildman–Crippen LogP) is 1.69. The molecule has 12 heteroatoms. The highest BCUT2D eigenvalue weighted by Gasteiger charge is 2.47. The van der Waals surface area contributed by atoms with Gasteiger partial charge in [-0.25, -0.2) is 9.78 Å². The second-order valence-corrected chi connectivity index (χ2v) is 7.55. The van der Waals surface area contributed by atoms with Gasteiger partial charge in [-0.3, -0.25) is 9.48 Å². The van der Waals surface area contributed by atoms with E-state index in [4.69, 9.17) is 10.8 Å². The number of aryl methyl sites for hydroxylation is 1. The summed E-state index contributed by atoms with van der Waals surface area (Å²) in [5, 5.41) is 15.2. The van der Waals surface area contributed by atoms with Crippen LogP contribution in [0.4, 0.5) is 23.8 Å². The van der Waals surface area contributed by atoms with Crippen LogP contribution in [0, 0.1) is 0 Å². The number of amides is 2. The van der Waals surface area contributed by atoms with Crippen LogP contribution in [0.15, 0.2) is 18.3 Å². The molecule has 2 amide bonds. The van der Waals surface area contributed by atoms with Crippen molar-refractivity contribution in [3.8, 4) is 11.3 Å². The van der Waals surface area contributed by atoms with Crippen LogP contribution in [-0.2, 0) is 22.9 Å². The number of hydrogen-bond acceptors (Lipinski definition) is 5. The molecule has 1 fully saturated rings. The number of anilines is 1. The Labute approximate surface area is 168 Å². The van der Waals surface area contributed by atoms with E-state index in [1.165, 1.54) is 6.20 Å². The third-order valence-electron chi connectivity index (χ3n) is 5.74. The normalized spacial score (nSPS) is 20.6. The molecule has 30 heavy (non-hydrogen) atoms. The number of aromatic nitrogens is 3. The third-order valence-corrected chi connectivity index (χ3v) is 5.74. The molecule has 1 spiro atoms. The van der Waals surface area contributed by atoms with Gasteiger partial charge in [0.1, 0.15) is 12.4 Å². The van der Waals surface area contributed by atoms with Gasteiger partial charge in [-0.05, 0) is 25.0 Å². The van der Waals surface area contributed by atoms with E-state index in [0.29, 0.717) is 31.7 Å². The van der Waals surface area contributed by atoms with Crippen LogP contribution in [0.2, 0.25) is 0 Å².